The van der Waals surface area contributed by atoms with Crippen LogP contribution in [0.5, 0.6) is 0 Å². The Bertz CT molecular complexity index is 445. The van der Waals surface area contributed by atoms with Crippen LogP contribution in [-0.4, -0.2) is 42.0 Å². The maximum absolute atomic E-state index is 12.3. The Morgan fingerprint density at radius 1 is 1.30 bits per heavy atom. The third kappa shape index (κ3) is 3.30. The molecule has 0 spiro atoms. The maximum Gasteiger partial charge on any atom is 0.227 e. The van der Waals surface area contributed by atoms with Crippen molar-refractivity contribution in [2.75, 3.05) is 25.0 Å². The van der Waals surface area contributed by atoms with E-state index >= 15 is 0 Å². The van der Waals surface area contributed by atoms with Crippen LogP contribution in [0.4, 0.5) is 5.82 Å². The fourth-order valence-electron chi connectivity index (χ4n) is 2.68. The van der Waals surface area contributed by atoms with E-state index in [2.05, 4.69) is 16.9 Å². The van der Waals surface area contributed by atoms with Gasteiger partial charge in [0.2, 0.25) is 5.91 Å². The summed E-state index contributed by atoms with van der Waals surface area (Å²) in [6.07, 6.45) is 3.84. The molecule has 0 aliphatic carbocycles. The van der Waals surface area contributed by atoms with Crippen LogP contribution in [0, 0.1) is 5.41 Å². The van der Waals surface area contributed by atoms with Gasteiger partial charge in [-0.25, -0.2) is 4.98 Å². The summed E-state index contributed by atoms with van der Waals surface area (Å²) in [6.45, 7) is 7.65. The zero-order valence-corrected chi connectivity index (χ0v) is 13.0. The quantitative estimate of drug-likeness (QED) is 0.832. The molecule has 1 aliphatic heterocycles. The highest BCUT2D eigenvalue weighted by Gasteiger charge is 2.31. The van der Waals surface area contributed by atoms with Gasteiger partial charge < -0.3 is 9.80 Å². The molecule has 0 N–H and O–H groups in total. The second-order valence-corrected chi connectivity index (χ2v) is 6.57. The molecule has 0 saturated carbocycles. The highest BCUT2D eigenvalue weighted by atomic mass is 16.2. The van der Waals surface area contributed by atoms with Crippen molar-refractivity contribution in [2.45, 2.75) is 39.7 Å². The number of hydrogen-bond donors (Lipinski definition) is 0. The second kappa shape index (κ2) is 5.81. The second-order valence-electron chi connectivity index (χ2n) is 6.57. The van der Waals surface area contributed by atoms with E-state index < -0.39 is 0 Å². The number of anilines is 1. The van der Waals surface area contributed by atoms with Crippen molar-refractivity contribution in [2.24, 2.45) is 5.41 Å². The summed E-state index contributed by atoms with van der Waals surface area (Å²) in [5.74, 6) is 1.27. The van der Waals surface area contributed by atoms with Crippen LogP contribution in [0.3, 0.4) is 0 Å². The molecule has 1 fully saturated rings. The molecule has 0 radical (unpaired) electrons. The van der Waals surface area contributed by atoms with Gasteiger partial charge in [-0.2, -0.15) is 0 Å². The Labute approximate surface area is 121 Å². The fraction of sp³-hybridized carbons (Fsp3) is 0.625. The molecule has 1 amide bonds. The molecule has 1 aromatic heterocycles. The molecule has 1 aliphatic rings. The minimum atomic E-state index is -0.278. The lowest BCUT2D eigenvalue weighted by Crippen LogP contribution is -2.48. The van der Waals surface area contributed by atoms with Crippen LogP contribution in [0.15, 0.2) is 24.4 Å². The minimum absolute atomic E-state index is 0.261. The number of nitrogens with zero attached hydrogens (tertiary/aromatic N) is 3. The summed E-state index contributed by atoms with van der Waals surface area (Å²) < 4.78 is 0. The molecule has 4 nitrogen and oxygen atoms in total. The highest BCUT2D eigenvalue weighted by Crippen LogP contribution is 2.24. The summed E-state index contributed by atoms with van der Waals surface area (Å²) in [6, 6.07) is 6.44. The maximum atomic E-state index is 12.3. The van der Waals surface area contributed by atoms with Gasteiger partial charge in [0.1, 0.15) is 5.82 Å². The topological polar surface area (TPSA) is 36.4 Å². The Morgan fingerprint density at radius 2 is 1.95 bits per heavy atom. The zero-order chi connectivity index (χ0) is 14.8. The molecule has 0 unspecified atom stereocenters. The van der Waals surface area contributed by atoms with Gasteiger partial charge in [-0.05, 0) is 25.0 Å². The molecular weight excluding hydrogens is 250 g/mol. The first-order valence-corrected chi connectivity index (χ1v) is 7.33. The van der Waals surface area contributed by atoms with E-state index in [1.165, 1.54) is 0 Å². The summed E-state index contributed by atoms with van der Waals surface area (Å²) >= 11 is 0. The molecule has 2 rings (SSSR count). The van der Waals surface area contributed by atoms with Crippen molar-refractivity contribution in [3.05, 3.63) is 24.4 Å². The Kier molecular flexibility index (Phi) is 4.31. The van der Waals surface area contributed by atoms with Gasteiger partial charge in [-0.3, -0.25) is 4.79 Å². The monoisotopic (exact) mass is 275 g/mol. The summed E-state index contributed by atoms with van der Waals surface area (Å²) in [4.78, 5) is 20.9. The van der Waals surface area contributed by atoms with Gasteiger partial charge >= 0.3 is 0 Å². The average Bonchev–Trinajstić information content (AvgIpc) is 2.46. The van der Waals surface area contributed by atoms with Crippen molar-refractivity contribution < 1.29 is 4.79 Å². The Morgan fingerprint density at radius 3 is 2.45 bits per heavy atom. The van der Waals surface area contributed by atoms with Gasteiger partial charge in [0.05, 0.1) is 0 Å². The van der Waals surface area contributed by atoms with Crippen LogP contribution in [0.1, 0.15) is 33.6 Å². The number of aromatic nitrogens is 1. The van der Waals surface area contributed by atoms with Crippen molar-refractivity contribution in [3.8, 4) is 0 Å². The molecule has 0 bridgehead atoms. The van der Waals surface area contributed by atoms with E-state index in [9.17, 15) is 4.79 Å². The zero-order valence-electron chi connectivity index (χ0n) is 13.0. The first kappa shape index (κ1) is 14.8. The summed E-state index contributed by atoms with van der Waals surface area (Å²) in [7, 11) is 2.09. The van der Waals surface area contributed by atoms with Gasteiger partial charge in [-0.1, -0.05) is 26.8 Å². The number of rotatable bonds is 2. The Balaban J connectivity index is 1.93. The van der Waals surface area contributed by atoms with Crippen molar-refractivity contribution >= 4 is 11.7 Å². The number of hydrogen-bond acceptors (Lipinski definition) is 3. The molecule has 110 valence electrons. The lowest BCUT2D eigenvalue weighted by molar-refractivity contribution is -0.140. The number of amides is 1. The molecule has 0 atom stereocenters. The molecule has 20 heavy (non-hydrogen) atoms. The number of carbonyl (C=O) groups is 1. The molecule has 4 heteroatoms. The molecule has 0 aromatic carbocycles. The van der Waals surface area contributed by atoms with Crippen LogP contribution < -0.4 is 4.90 Å². The summed E-state index contributed by atoms with van der Waals surface area (Å²) in [5.41, 5.74) is -0.278. The van der Waals surface area contributed by atoms with Gasteiger partial charge in [0, 0.05) is 37.8 Å². The third-order valence-electron chi connectivity index (χ3n) is 3.95. The van der Waals surface area contributed by atoms with Crippen molar-refractivity contribution in [1.82, 2.24) is 9.88 Å². The average molecular weight is 275 g/mol. The van der Waals surface area contributed by atoms with Crippen LogP contribution in [0.25, 0.3) is 0 Å². The highest BCUT2D eigenvalue weighted by molar-refractivity contribution is 5.81. The largest absolute Gasteiger partial charge is 0.357 e. The standard InChI is InChI=1S/C16H25N3O/c1-16(2,3)15(20)19-11-8-13(9-12-19)18(4)14-7-5-6-10-17-14/h5-7,10,13H,8-9,11-12H2,1-4H3. The number of carbonyl (C=O) groups excluding carboxylic acids is 1. The smallest absolute Gasteiger partial charge is 0.227 e. The van der Waals surface area contributed by atoms with Gasteiger partial charge in [0.15, 0.2) is 0 Å². The van der Waals surface area contributed by atoms with E-state index in [0.29, 0.717) is 6.04 Å². The van der Waals surface area contributed by atoms with E-state index in [4.69, 9.17) is 0 Å². The number of pyridine rings is 1. The summed E-state index contributed by atoms with van der Waals surface area (Å²) in [5, 5.41) is 0. The predicted molar refractivity (Wildman–Crippen MR) is 81.7 cm³/mol. The van der Waals surface area contributed by atoms with E-state index in [-0.39, 0.29) is 11.3 Å². The van der Waals surface area contributed by atoms with Gasteiger partial charge in [-0.15, -0.1) is 0 Å². The van der Waals surface area contributed by atoms with Gasteiger partial charge in [0.25, 0.3) is 0 Å². The molecule has 2 heterocycles. The molecule has 1 aromatic rings. The van der Waals surface area contributed by atoms with Crippen molar-refractivity contribution in [3.63, 3.8) is 0 Å². The predicted octanol–water partition coefficient (Wildman–Crippen LogP) is 2.55. The lowest BCUT2D eigenvalue weighted by Gasteiger charge is -2.39. The van der Waals surface area contributed by atoms with E-state index in [1.54, 1.807) is 0 Å². The lowest BCUT2D eigenvalue weighted by atomic mass is 9.92. The Hall–Kier alpha value is -1.58. The molecule has 1 saturated heterocycles. The normalized spacial score (nSPS) is 17.1. The number of piperidine rings is 1. The van der Waals surface area contributed by atoms with E-state index in [1.807, 2.05) is 50.1 Å². The first-order valence-electron chi connectivity index (χ1n) is 7.33. The fourth-order valence-corrected chi connectivity index (χ4v) is 2.68. The third-order valence-corrected chi connectivity index (χ3v) is 3.95. The SMILES string of the molecule is CN(c1ccccn1)C1CCN(C(=O)C(C)(C)C)CC1. The van der Waals surface area contributed by atoms with Crippen molar-refractivity contribution in [1.29, 1.82) is 0 Å². The first-order chi connectivity index (χ1) is 9.39. The number of likely N-dealkylation sites (tertiary alicyclic amines) is 1. The molecular formula is C16H25N3O. The van der Waals surface area contributed by atoms with Crippen LogP contribution in [0.2, 0.25) is 0 Å². The van der Waals surface area contributed by atoms with E-state index in [0.717, 1.165) is 31.7 Å². The van der Waals surface area contributed by atoms with Crippen LogP contribution >= 0.6 is 0 Å². The van der Waals surface area contributed by atoms with Crippen LogP contribution in [-0.2, 0) is 4.79 Å². The minimum Gasteiger partial charge on any atom is -0.357 e.